The van der Waals surface area contributed by atoms with E-state index in [0.29, 0.717) is 33.6 Å². The summed E-state index contributed by atoms with van der Waals surface area (Å²) in [5.74, 6) is 0.389. The van der Waals surface area contributed by atoms with Gasteiger partial charge >= 0.3 is 0 Å². The molecule has 0 aliphatic rings. The molecule has 1 N–H and O–H groups in total. The van der Waals surface area contributed by atoms with Crippen LogP contribution in [0.1, 0.15) is 24.2 Å². The number of ether oxygens (including phenoxy) is 1. The number of amides is 1. The van der Waals surface area contributed by atoms with Crippen LogP contribution >= 0.6 is 11.3 Å². The number of benzene rings is 2. The van der Waals surface area contributed by atoms with Gasteiger partial charge in [-0.05, 0) is 50.2 Å². The molecule has 0 saturated heterocycles. The Balaban J connectivity index is 2.00. The van der Waals surface area contributed by atoms with Gasteiger partial charge in [-0.25, -0.2) is 4.39 Å². The predicted octanol–water partition coefficient (Wildman–Crippen LogP) is 5.51. The summed E-state index contributed by atoms with van der Waals surface area (Å²) in [7, 11) is 1.56. The number of furan rings is 1. The molecule has 7 heteroatoms. The summed E-state index contributed by atoms with van der Waals surface area (Å²) in [5.41, 5.74) is 4.14. The highest BCUT2D eigenvalue weighted by Gasteiger charge is 2.24. The first-order valence-electron chi connectivity index (χ1n) is 9.12. The molecule has 2 heterocycles. The minimum Gasteiger partial charge on any atom is -0.490 e. The highest BCUT2D eigenvalue weighted by atomic mass is 32.1. The first kappa shape index (κ1) is 19.1. The van der Waals surface area contributed by atoms with Gasteiger partial charge in [-0.15, -0.1) is 11.3 Å². The summed E-state index contributed by atoms with van der Waals surface area (Å²) in [6.07, 6.45) is 1.72. The average Bonchev–Trinajstić information content (AvgIpc) is 3.34. The van der Waals surface area contributed by atoms with Crippen molar-refractivity contribution in [2.75, 3.05) is 7.05 Å². The SMILES string of the molecule is CNC(=O)c1c(-c2ccc(F)cc2)oc2cc(-c3cncs3)c(OC(C)C)cc12. The minimum absolute atomic E-state index is 0.0500. The molecule has 148 valence electrons. The Morgan fingerprint density at radius 1 is 1.24 bits per heavy atom. The van der Waals surface area contributed by atoms with Crippen LogP contribution in [0.25, 0.3) is 32.7 Å². The van der Waals surface area contributed by atoms with Gasteiger partial charge in [0.1, 0.15) is 22.9 Å². The van der Waals surface area contributed by atoms with Crippen molar-refractivity contribution in [3.8, 4) is 27.5 Å². The second kappa shape index (κ2) is 7.67. The molecule has 29 heavy (non-hydrogen) atoms. The number of hydrogen-bond donors (Lipinski definition) is 1. The number of carbonyl (C=O) groups excluding carboxylic acids is 1. The Bertz CT molecular complexity index is 1170. The van der Waals surface area contributed by atoms with E-state index in [0.717, 1.165) is 10.4 Å². The maximum Gasteiger partial charge on any atom is 0.255 e. The first-order valence-corrected chi connectivity index (χ1v) is 10.00. The Hall–Kier alpha value is -3.19. The molecule has 0 spiro atoms. The van der Waals surface area contributed by atoms with Crippen molar-refractivity contribution in [2.24, 2.45) is 0 Å². The van der Waals surface area contributed by atoms with E-state index in [1.165, 1.54) is 23.5 Å². The van der Waals surface area contributed by atoms with E-state index in [2.05, 4.69) is 10.3 Å². The number of rotatable bonds is 5. The van der Waals surface area contributed by atoms with Gasteiger partial charge in [0.15, 0.2) is 0 Å². The molecular weight excluding hydrogens is 391 g/mol. The fourth-order valence-electron chi connectivity index (χ4n) is 3.17. The van der Waals surface area contributed by atoms with Gasteiger partial charge in [0, 0.05) is 29.8 Å². The van der Waals surface area contributed by atoms with Crippen LogP contribution in [0, 0.1) is 5.82 Å². The van der Waals surface area contributed by atoms with Crippen molar-refractivity contribution in [2.45, 2.75) is 20.0 Å². The third-order valence-corrected chi connectivity index (χ3v) is 5.22. The van der Waals surface area contributed by atoms with Crippen molar-refractivity contribution in [3.63, 3.8) is 0 Å². The van der Waals surface area contributed by atoms with E-state index in [-0.39, 0.29) is 17.8 Å². The number of halogens is 1. The monoisotopic (exact) mass is 410 g/mol. The molecule has 4 aromatic rings. The predicted molar refractivity (Wildman–Crippen MR) is 112 cm³/mol. The number of hydrogen-bond acceptors (Lipinski definition) is 5. The number of carbonyl (C=O) groups is 1. The van der Waals surface area contributed by atoms with Crippen LogP contribution in [0.4, 0.5) is 4.39 Å². The zero-order valence-electron chi connectivity index (χ0n) is 16.2. The molecule has 0 bridgehead atoms. The van der Waals surface area contributed by atoms with Crippen LogP contribution in [0.2, 0.25) is 0 Å². The van der Waals surface area contributed by atoms with Gasteiger partial charge in [0.25, 0.3) is 5.91 Å². The second-order valence-corrected chi connectivity index (χ2v) is 7.66. The summed E-state index contributed by atoms with van der Waals surface area (Å²) < 4.78 is 25.5. The molecule has 0 saturated carbocycles. The molecule has 5 nitrogen and oxygen atoms in total. The lowest BCUT2D eigenvalue weighted by molar-refractivity contribution is 0.0964. The molecule has 0 unspecified atom stereocenters. The van der Waals surface area contributed by atoms with Gasteiger partial charge < -0.3 is 14.5 Å². The number of aromatic nitrogens is 1. The smallest absolute Gasteiger partial charge is 0.255 e. The summed E-state index contributed by atoms with van der Waals surface area (Å²) in [6, 6.07) is 9.55. The van der Waals surface area contributed by atoms with E-state index in [1.54, 1.807) is 30.9 Å². The van der Waals surface area contributed by atoms with Crippen molar-refractivity contribution >= 4 is 28.2 Å². The number of fused-ring (bicyclic) bond motifs is 1. The minimum atomic E-state index is -0.355. The average molecular weight is 410 g/mol. The molecule has 2 aromatic heterocycles. The zero-order chi connectivity index (χ0) is 20.5. The number of nitrogens with zero attached hydrogens (tertiary/aromatic N) is 1. The molecule has 0 radical (unpaired) electrons. The van der Waals surface area contributed by atoms with Gasteiger partial charge in [-0.1, -0.05) is 0 Å². The third-order valence-electron chi connectivity index (χ3n) is 4.41. The van der Waals surface area contributed by atoms with Crippen LogP contribution in [-0.2, 0) is 0 Å². The molecular formula is C22H19FN2O3S. The largest absolute Gasteiger partial charge is 0.490 e. The molecule has 0 fully saturated rings. The summed E-state index contributed by atoms with van der Waals surface area (Å²) in [5, 5.41) is 3.29. The Labute approximate surface area is 171 Å². The lowest BCUT2D eigenvalue weighted by Crippen LogP contribution is -2.18. The molecule has 4 rings (SSSR count). The first-order chi connectivity index (χ1) is 14.0. The van der Waals surface area contributed by atoms with E-state index in [9.17, 15) is 9.18 Å². The van der Waals surface area contributed by atoms with Crippen LogP contribution < -0.4 is 10.1 Å². The number of thiazole rings is 1. The van der Waals surface area contributed by atoms with Gasteiger partial charge in [-0.3, -0.25) is 9.78 Å². The topological polar surface area (TPSA) is 64.4 Å². The molecule has 1 amide bonds. The van der Waals surface area contributed by atoms with E-state index >= 15 is 0 Å². The van der Waals surface area contributed by atoms with Crippen LogP contribution in [0.5, 0.6) is 5.75 Å². The second-order valence-electron chi connectivity index (χ2n) is 6.77. The zero-order valence-corrected chi connectivity index (χ0v) is 17.0. The van der Waals surface area contributed by atoms with Crippen LogP contribution in [-0.4, -0.2) is 24.0 Å². The van der Waals surface area contributed by atoms with Gasteiger partial charge in [0.2, 0.25) is 0 Å². The van der Waals surface area contributed by atoms with Crippen LogP contribution in [0.15, 0.2) is 52.5 Å². The Morgan fingerprint density at radius 3 is 2.62 bits per heavy atom. The maximum atomic E-state index is 13.4. The van der Waals surface area contributed by atoms with E-state index in [1.807, 2.05) is 26.0 Å². The summed E-state index contributed by atoms with van der Waals surface area (Å²) >= 11 is 1.49. The lowest BCUT2D eigenvalue weighted by atomic mass is 10.0. The molecule has 0 aliphatic heterocycles. The van der Waals surface area contributed by atoms with E-state index < -0.39 is 0 Å². The van der Waals surface area contributed by atoms with Gasteiger partial charge in [0.05, 0.1) is 22.1 Å². The van der Waals surface area contributed by atoms with Crippen molar-refractivity contribution in [1.29, 1.82) is 0 Å². The van der Waals surface area contributed by atoms with Crippen molar-refractivity contribution in [1.82, 2.24) is 10.3 Å². The van der Waals surface area contributed by atoms with Gasteiger partial charge in [-0.2, -0.15) is 0 Å². The fraction of sp³-hybridized carbons (Fsp3) is 0.182. The molecule has 2 aromatic carbocycles. The molecule has 0 aliphatic carbocycles. The van der Waals surface area contributed by atoms with Crippen molar-refractivity contribution in [3.05, 3.63) is 59.5 Å². The maximum absolute atomic E-state index is 13.4. The highest BCUT2D eigenvalue weighted by molar-refractivity contribution is 7.13. The number of nitrogens with one attached hydrogen (secondary N) is 1. The summed E-state index contributed by atoms with van der Waals surface area (Å²) in [4.78, 5) is 17.8. The fourth-order valence-corrected chi connectivity index (χ4v) is 3.81. The summed E-state index contributed by atoms with van der Waals surface area (Å²) in [6.45, 7) is 3.89. The quantitative estimate of drug-likeness (QED) is 0.471. The standard InChI is InChI=1S/C22H19FN2O3S/c1-12(2)27-17-9-16-18(8-15(17)19-10-25-11-29-19)28-21(20(16)22(26)24-3)13-4-6-14(23)7-5-13/h4-12H,1-3H3,(H,24,26). The van der Waals surface area contributed by atoms with E-state index in [4.69, 9.17) is 9.15 Å². The van der Waals surface area contributed by atoms with Crippen LogP contribution in [0.3, 0.4) is 0 Å². The normalized spacial score (nSPS) is 11.2. The highest BCUT2D eigenvalue weighted by Crippen LogP contribution is 2.41. The lowest BCUT2D eigenvalue weighted by Gasteiger charge is -2.13. The Kier molecular flexibility index (Phi) is 5.07. The Morgan fingerprint density at radius 2 is 2.00 bits per heavy atom. The van der Waals surface area contributed by atoms with Crippen molar-refractivity contribution < 1.29 is 18.3 Å². The molecule has 0 atom stereocenters. The third kappa shape index (κ3) is 3.61.